The van der Waals surface area contributed by atoms with Gasteiger partial charge < -0.3 is 0 Å². The number of likely N-dealkylation sites (tertiary alicyclic amines) is 1. The van der Waals surface area contributed by atoms with Crippen molar-refractivity contribution in [2.45, 2.75) is 25.9 Å². The van der Waals surface area contributed by atoms with Crippen molar-refractivity contribution in [1.82, 2.24) is 14.5 Å². The Bertz CT molecular complexity index is 961. The molecule has 4 nitrogen and oxygen atoms in total. The molecule has 3 aromatic rings. The van der Waals surface area contributed by atoms with Crippen LogP contribution in [0.5, 0.6) is 0 Å². The molecule has 0 amide bonds. The summed E-state index contributed by atoms with van der Waals surface area (Å²) in [7, 11) is 0. The number of fused-ring (bicyclic) bond motifs is 1. The highest BCUT2D eigenvalue weighted by Crippen LogP contribution is 2.23. The first-order valence-electron chi connectivity index (χ1n) is 9.10. The minimum Gasteiger partial charge on any atom is -0.299 e. The molecule has 0 spiro atoms. The second kappa shape index (κ2) is 7.72. The number of rotatable bonds is 4. The molecule has 0 radical (unpaired) electrons. The number of halogens is 1. The Labute approximate surface area is 161 Å². The van der Waals surface area contributed by atoms with Crippen molar-refractivity contribution in [3.05, 3.63) is 75.2 Å². The van der Waals surface area contributed by atoms with E-state index in [4.69, 9.17) is 0 Å². The van der Waals surface area contributed by atoms with Crippen LogP contribution in [0.4, 0.5) is 0 Å². The number of hydrogen-bond donors (Lipinski definition) is 0. The molecule has 1 saturated heterocycles. The molecule has 26 heavy (non-hydrogen) atoms. The highest BCUT2D eigenvalue weighted by molar-refractivity contribution is 9.10. The molecule has 0 bridgehead atoms. The quantitative estimate of drug-likeness (QED) is 0.649. The number of hydrogen-bond acceptors (Lipinski definition) is 3. The van der Waals surface area contributed by atoms with E-state index in [9.17, 15) is 4.79 Å². The minimum atomic E-state index is 0.0752. The van der Waals surface area contributed by atoms with Crippen molar-refractivity contribution >= 4 is 26.8 Å². The average Bonchev–Trinajstić information content (AvgIpc) is 2.67. The lowest BCUT2D eigenvalue weighted by atomic mass is 9.96. The Morgan fingerprint density at radius 3 is 2.58 bits per heavy atom. The zero-order valence-corrected chi connectivity index (χ0v) is 16.2. The zero-order chi connectivity index (χ0) is 17.9. The summed E-state index contributed by atoms with van der Waals surface area (Å²) in [4.78, 5) is 19.6. The third kappa shape index (κ3) is 3.74. The van der Waals surface area contributed by atoms with Crippen LogP contribution in [0, 0.1) is 5.92 Å². The van der Waals surface area contributed by atoms with Crippen molar-refractivity contribution in [3.63, 3.8) is 0 Å². The third-order valence-corrected chi connectivity index (χ3v) is 6.02. The van der Waals surface area contributed by atoms with E-state index < -0.39 is 0 Å². The summed E-state index contributed by atoms with van der Waals surface area (Å²) in [5, 5.41) is 0.710. The van der Waals surface area contributed by atoms with Crippen molar-refractivity contribution in [1.29, 1.82) is 0 Å². The van der Waals surface area contributed by atoms with Crippen molar-refractivity contribution in [3.8, 4) is 0 Å². The maximum atomic E-state index is 12.7. The summed E-state index contributed by atoms with van der Waals surface area (Å²) >= 11 is 3.64. The number of benzene rings is 2. The molecule has 4 rings (SSSR count). The second-order valence-electron chi connectivity index (χ2n) is 7.03. The number of aromatic nitrogens is 2. The second-order valence-corrected chi connectivity index (χ2v) is 7.88. The molecule has 2 aromatic carbocycles. The monoisotopic (exact) mass is 411 g/mol. The molecular weight excluding hydrogens is 390 g/mol. The van der Waals surface area contributed by atoms with E-state index in [1.54, 1.807) is 10.9 Å². The lowest BCUT2D eigenvalue weighted by Gasteiger charge is -2.32. The molecule has 2 heterocycles. The summed E-state index contributed by atoms with van der Waals surface area (Å²) in [5.74, 6) is 0.533. The van der Waals surface area contributed by atoms with E-state index in [1.165, 1.54) is 10.0 Å². The van der Waals surface area contributed by atoms with Crippen LogP contribution >= 0.6 is 15.9 Å². The first-order valence-corrected chi connectivity index (χ1v) is 9.90. The van der Waals surface area contributed by atoms with E-state index in [-0.39, 0.29) is 5.56 Å². The third-order valence-electron chi connectivity index (χ3n) is 5.25. The summed E-state index contributed by atoms with van der Waals surface area (Å²) in [6.45, 7) is 3.88. The summed E-state index contributed by atoms with van der Waals surface area (Å²) in [6.07, 6.45) is 3.94. The normalized spacial score (nSPS) is 16.2. The topological polar surface area (TPSA) is 38.1 Å². The van der Waals surface area contributed by atoms with Crippen LogP contribution < -0.4 is 5.56 Å². The molecule has 0 atom stereocenters. The van der Waals surface area contributed by atoms with E-state index in [0.717, 1.165) is 44.5 Å². The lowest BCUT2D eigenvalue weighted by Crippen LogP contribution is -2.36. The van der Waals surface area contributed by atoms with Crippen LogP contribution in [0.2, 0.25) is 0 Å². The van der Waals surface area contributed by atoms with Gasteiger partial charge in [0.25, 0.3) is 5.56 Å². The molecule has 0 aliphatic carbocycles. The first kappa shape index (κ1) is 17.4. The van der Waals surface area contributed by atoms with Gasteiger partial charge in [0, 0.05) is 17.6 Å². The number of nitrogens with zero attached hydrogens (tertiary/aromatic N) is 3. The predicted molar refractivity (Wildman–Crippen MR) is 108 cm³/mol. The summed E-state index contributed by atoms with van der Waals surface area (Å²) in [6, 6.07) is 16.0. The van der Waals surface area contributed by atoms with Gasteiger partial charge in [-0.05, 0) is 55.6 Å². The van der Waals surface area contributed by atoms with Gasteiger partial charge in [0.15, 0.2) is 0 Å². The van der Waals surface area contributed by atoms with Crippen molar-refractivity contribution in [2.75, 3.05) is 13.1 Å². The summed E-state index contributed by atoms with van der Waals surface area (Å²) in [5.41, 5.74) is 2.18. The van der Waals surface area contributed by atoms with Gasteiger partial charge in [0.05, 0.1) is 17.2 Å². The van der Waals surface area contributed by atoms with Gasteiger partial charge in [-0.1, -0.05) is 46.3 Å². The van der Waals surface area contributed by atoms with Gasteiger partial charge in [-0.15, -0.1) is 0 Å². The van der Waals surface area contributed by atoms with Crippen LogP contribution in [-0.2, 0) is 13.1 Å². The number of piperidine rings is 1. The fourth-order valence-corrected chi connectivity index (χ4v) is 4.12. The van der Waals surface area contributed by atoms with Crippen LogP contribution in [0.15, 0.2) is 64.1 Å². The van der Waals surface area contributed by atoms with Gasteiger partial charge >= 0.3 is 0 Å². The first-order chi connectivity index (χ1) is 12.7. The van der Waals surface area contributed by atoms with Crippen LogP contribution in [-0.4, -0.2) is 27.5 Å². The maximum Gasteiger partial charge on any atom is 0.261 e. The van der Waals surface area contributed by atoms with Crippen LogP contribution in [0.3, 0.4) is 0 Å². The van der Waals surface area contributed by atoms with E-state index in [2.05, 4.69) is 50.1 Å². The van der Waals surface area contributed by atoms with Gasteiger partial charge in [0.2, 0.25) is 0 Å². The van der Waals surface area contributed by atoms with E-state index in [1.807, 2.05) is 24.3 Å². The average molecular weight is 412 g/mol. The standard InChI is InChI=1S/C21H22BrN3O/c22-19-7-3-1-5-17(19)14-24-11-9-16(10-12-24)13-25-15-23-20-8-4-2-6-18(20)21(25)26/h1-8,15-16H,9-14H2. The Kier molecular flexibility index (Phi) is 5.18. The Morgan fingerprint density at radius 2 is 1.77 bits per heavy atom. The highest BCUT2D eigenvalue weighted by atomic mass is 79.9. The molecule has 1 aromatic heterocycles. The van der Waals surface area contributed by atoms with Crippen LogP contribution in [0.25, 0.3) is 10.9 Å². The maximum absolute atomic E-state index is 12.7. The summed E-state index contributed by atoms with van der Waals surface area (Å²) < 4.78 is 2.96. The van der Waals surface area contributed by atoms with Gasteiger partial charge in [-0.25, -0.2) is 4.98 Å². The molecule has 1 fully saturated rings. The Hall–Kier alpha value is -1.98. The lowest BCUT2D eigenvalue weighted by molar-refractivity contribution is 0.166. The molecular formula is C21H22BrN3O. The highest BCUT2D eigenvalue weighted by Gasteiger charge is 2.20. The molecule has 5 heteroatoms. The molecule has 1 aliphatic heterocycles. The Morgan fingerprint density at radius 1 is 1.04 bits per heavy atom. The molecule has 0 saturated carbocycles. The van der Waals surface area contributed by atoms with Gasteiger partial charge in [-0.2, -0.15) is 0 Å². The van der Waals surface area contributed by atoms with E-state index >= 15 is 0 Å². The van der Waals surface area contributed by atoms with Crippen molar-refractivity contribution in [2.24, 2.45) is 5.92 Å². The molecule has 134 valence electrons. The SMILES string of the molecule is O=c1c2ccccc2ncn1CC1CCN(Cc2ccccc2Br)CC1. The molecule has 0 unspecified atom stereocenters. The smallest absolute Gasteiger partial charge is 0.261 e. The van der Waals surface area contributed by atoms with Gasteiger partial charge in [-0.3, -0.25) is 14.3 Å². The molecule has 0 N–H and O–H groups in total. The fraction of sp³-hybridized carbons (Fsp3) is 0.333. The number of para-hydroxylation sites is 1. The minimum absolute atomic E-state index is 0.0752. The zero-order valence-electron chi connectivity index (χ0n) is 14.6. The van der Waals surface area contributed by atoms with Crippen LogP contribution in [0.1, 0.15) is 18.4 Å². The molecule has 1 aliphatic rings. The van der Waals surface area contributed by atoms with E-state index in [0.29, 0.717) is 11.3 Å². The Balaban J connectivity index is 1.39. The predicted octanol–water partition coefficient (Wildman–Crippen LogP) is 4.07. The largest absolute Gasteiger partial charge is 0.299 e. The van der Waals surface area contributed by atoms with Gasteiger partial charge in [0.1, 0.15) is 0 Å². The fourth-order valence-electron chi connectivity index (χ4n) is 3.71. The van der Waals surface area contributed by atoms with Crippen molar-refractivity contribution < 1.29 is 0 Å².